The lowest BCUT2D eigenvalue weighted by atomic mass is 10.1. The Morgan fingerprint density at radius 1 is 1.37 bits per heavy atom. The summed E-state index contributed by atoms with van der Waals surface area (Å²) in [4.78, 5) is 4.62. The first-order valence-electron chi connectivity index (χ1n) is 6.68. The first-order chi connectivity index (χ1) is 9.08. The van der Waals surface area contributed by atoms with Gasteiger partial charge in [-0.1, -0.05) is 0 Å². The van der Waals surface area contributed by atoms with Crippen molar-refractivity contribution in [1.82, 2.24) is 9.55 Å². The second-order valence-electron chi connectivity index (χ2n) is 5.28. The number of ether oxygens (including phenoxy) is 1. The Hall–Kier alpha value is -1.97. The monoisotopic (exact) mass is 257 g/mol. The van der Waals surface area contributed by atoms with Crippen molar-refractivity contribution in [3.05, 3.63) is 29.6 Å². The number of anilines is 1. The molecule has 4 nitrogen and oxygen atoms in total. The fourth-order valence-electron chi connectivity index (χ4n) is 2.76. The fourth-order valence-corrected chi connectivity index (χ4v) is 2.76. The van der Waals surface area contributed by atoms with E-state index in [9.17, 15) is 0 Å². The first-order valence-corrected chi connectivity index (χ1v) is 6.68. The number of nitrogen functional groups attached to an aromatic ring is 1. The second kappa shape index (κ2) is 4.30. The van der Waals surface area contributed by atoms with Crippen molar-refractivity contribution in [2.75, 3.05) is 12.3 Å². The van der Waals surface area contributed by atoms with Crippen LogP contribution in [0.1, 0.15) is 31.3 Å². The molecule has 0 aliphatic carbocycles. The summed E-state index contributed by atoms with van der Waals surface area (Å²) in [7, 11) is 0. The molecule has 0 fully saturated rings. The Morgan fingerprint density at radius 3 is 2.84 bits per heavy atom. The highest BCUT2D eigenvalue weighted by molar-refractivity contribution is 5.72. The van der Waals surface area contributed by atoms with Gasteiger partial charge in [0.25, 0.3) is 0 Å². The summed E-state index contributed by atoms with van der Waals surface area (Å²) in [6, 6.07) is 6.51. The van der Waals surface area contributed by atoms with Gasteiger partial charge >= 0.3 is 0 Å². The third kappa shape index (κ3) is 1.87. The van der Waals surface area contributed by atoms with Gasteiger partial charge in [-0.3, -0.25) is 0 Å². The van der Waals surface area contributed by atoms with Crippen LogP contribution >= 0.6 is 0 Å². The van der Waals surface area contributed by atoms with Crippen molar-refractivity contribution < 1.29 is 4.74 Å². The molecule has 2 heterocycles. The predicted molar refractivity (Wildman–Crippen MR) is 76.4 cm³/mol. The van der Waals surface area contributed by atoms with E-state index in [4.69, 9.17) is 10.5 Å². The van der Waals surface area contributed by atoms with Crippen molar-refractivity contribution in [2.45, 2.75) is 33.2 Å². The molecule has 2 aromatic rings. The van der Waals surface area contributed by atoms with E-state index in [2.05, 4.69) is 29.5 Å². The Labute approximate surface area is 113 Å². The smallest absolute Gasteiger partial charge is 0.131 e. The molecule has 0 amide bonds. The molecule has 1 aliphatic rings. The molecule has 0 saturated carbocycles. The zero-order valence-corrected chi connectivity index (χ0v) is 11.6. The SMILES string of the molecule is Cc1nc(-c2ccc3c(c2)CCO3)c(N)n1C(C)C. The normalized spacial score (nSPS) is 13.7. The molecule has 0 unspecified atom stereocenters. The molecule has 1 aromatic heterocycles. The average Bonchev–Trinajstić information content (AvgIpc) is 2.92. The Balaban J connectivity index is 2.10. The zero-order chi connectivity index (χ0) is 13.6. The van der Waals surface area contributed by atoms with Crippen molar-refractivity contribution in [2.24, 2.45) is 0 Å². The van der Waals surface area contributed by atoms with Gasteiger partial charge in [-0.25, -0.2) is 4.98 Å². The molecule has 0 bridgehead atoms. The van der Waals surface area contributed by atoms with Gasteiger partial charge in [-0.15, -0.1) is 0 Å². The van der Waals surface area contributed by atoms with E-state index >= 15 is 0 Å². The van der Waals surface area contributed by atoms with Gasteiger partial charge in [-0.2, -0.15) is 0 Å². The molecule has 100 valence electrons. The van der Waals surface area contributed by atoms with E-state index in [1.807, 2.05) is 19.1 Å². The summed E-state index contributed by atoms with van der Waals surface area (Å²) < 4.78 is 7.60. The van der Waals surface area contributed by atoms with Crippen LogP contribution in [0.2, 0.25) is 0 Å². The Kier molecular flexibility index (Phi) is 2.73. The Bertz CT molecular complexity index is 629. The number of fused-ring (bicyclic) bond motifs is 1. The first kappa shape index (κ1) is 12.1. The minimum absolute atomic E-state index is 0.319. The van der Waals surface area contributed by atoms with Gasteiger partial charge in [0.1, 0.15) is 23.1 Å². The molecule has 19 heavy (non-hydrogen) atoms. The largest absolute Gasteiger partial charge is 0.493 e. The summed E-state index contributed by atoms with van der Waals surface area (Å²) in [5.74, 6) is 2.69. The highest BCUT2D eigenvalue weighted by atomic mass is 16.5. The van der Waals surface area contributed by atoms with E-state index < -0.39 is 0 Å². The summed E-state index contributed by atoms with van der Waals surface area (Å²) in [5.41, 5.74) is 9.44. The van der Waals surface area contributed by atoms with Crippen LogP contribution in [0.25, 0.3) is 11.3 Å². The van der Waals surface area contributed by atoms with Gasteiger partial charge in [0, 0.05) is 18.0 Å². The lowest BCUT2D eigenvalue weighted by Crippen LogP contribution is -2.07. The van der Waals surface area contributed by atoms with Crippen molar-refractivity contribution in [3.63, 3.8) is 0 Å². The van der Waals surface area contributed by atoms with Gasteiger partial charge in [0.05, 0.1) is 6.61 Å². The standard InChI is InChI=1S/C15H19N3O/c1-9(2)18-10(3)17-14(15(18)16)12-4-5-13-11(8-12)6-7-19-13/h4-5,8-9H,6-7,16H2,1-3H3. The maximum atomic E-state index is 6.25. The molecule has 0 spiro atoms. The number of aryl methyl sites for hydroxylation is 1. The minimum atomic E-state index is 0.319. The number of imidazole rings is 1. The van der Waals surface area contributed by atoms with Crippen molar-refractivity contribution in [1.29, 1.82) is 0 Å². The molecular weight excluding hydrogens is 238 g/mol. The highest BCUT2D eigenvalue weighted by Gasteiger charge is 2.18. The van der Waals surface area contributed by atoms with Crippen LogP contribution in [0.3, 0.4) is 0 Å². The van der Waals surface area contributed by atoms with Gasteiger partial charge < -0.3 is 15.0 Å². The van der Waals surface area contributed by atoms with Gasteiger partial charge in [0.15, 0.2) is 0 Å². The van der Waals surface area contributed by atoms with Gasteiger partial charge in [0.2, 0.25) is 0 Å². The van der Waals surface area contributed by atoms with Crippen LogP contribution in [0, 0.1) is 6.92 Å². The second-order valence-corrected chi connectivity index (χ2v) is 5.28. The molecular formula is C15H19N3O. The van der Waals surface area contributed by atoms with Crippen LogP contribution in [0.15, 0.2) is 18.2 Å². The van der Waals surface area contributed by atoms with Crippen molar-refractivity contribution in [3.8, 4) is 17.0 Å². The lowest BCUT2D eigenvalue weighted by molar-refractivity contribution is 0.357. The van der Waals surface area contributed by atoms with Crippen LogP contribution in [-0.2, 0) is 6.42 Å². The zero-order valence-electron chi connectivity index (χ0n) is 11.6. The number of benzene rings is 1. The van der Waals surface area contributed by atoms with Gasteiger partial charge in [-0.05, 0) is 44.5 Å². The van der Waals surface area contributed by atoms with E-state index in [1.165, 1.54) is 5.56 Å². The molecule has 0 atom stereocenters. The van der Waals surface area contributed by atoms with E-state index in [0.29, 0.717) is 6.04 Å². The molecule has 0 radical (unpaired) electrons. The average molecular weight is 257 g/mol. The quantitative estimate of drug-likeness (QED) is 0.900. The number of rotatable bonds is 2. The minimum Gasteiger partial charge on any atom is -0.493 e. The summed E-state index contributed by atoms with van der Waals surface area (Å²) in [6.07, 6.45) is 0.965. The maximum Gasteiger partial charge on any atom is 0.131 e. The molecule has 1 aromatic carbocycles. The molecule has 3 rings (SSSR count). The maximum absolute atomic E-state index is 6.25. The third-order valence-corrected chi connectivity index (χ3v) is 3.60. The van der Waals surface area contributed by atoms with E-state index in [1.54, 1.807) is 0 Å². The lowest BCUT2D eigenvalue weighted by Gasteiger charge is -2.11. The van der Waals surface area contributed by atoms with Crippen LogP contribution in [0.4, 0.5) is 5.82 Å². The summed E-state index contributed by atoms with van der Waals surface area (Å²) in [6.45, 7) is 7.00. The number of aromatic nitrogens is 2. The molecule has 2 N–H and O–H groups in total. The summed E-state index contributed by atoms with van der Waals surface area (Å²) in [5, 5.41) is 0. The van der Waals surface area contributed by atoms with E-state index in [-0.39, 0.29) is 0 Å². The third-order valence-electron chi connectivity index (χ3n) is 3.60. The predicted octanol–water partition coefficient (Wildman–Crippen LogP) is 2.96. The topological polar surface area (TPSA) is 53.1 Å². The van der Waals surface area contributed by atoms with Crippen LogP contribution in [-0.4, -0.2) is 16.2 Å². The molecule has 1 aliphatic heterocycles. The summed E-state index contributed by atoms with van der Waals surface area (Å²) >= 11 is 0. The number of nitrogens with two attached hydrogens (primary N) is 1. The van der Waals surface area contributed by atoms with Crippen molar-refractivity contribution >= 4 is 5.82 Å². The molecule has 4 heteroatoms. The fraction of sp³-hybridized carbons (Fsp3) is 0.400. The van der Waals surface area contributed by atoms with Crippen LogP contribution < -0.4 is 10.5 Å². The Morgan fingerprint density at radius 2 is 2.16 bits per heavy atom. The van der Waals surface area contributed by atoms with Crippen LogP contribution in [0.5, 0.6) is 5.75 Å². The number of hydrogen-bond donors (Lipinski definition) is 1. The number of nitrogens with zero attached hydrogens (tertiary/aromatic N) is 2. The number of hydrogen-bond acceptors (Lipinski definition) is 3. The molecule has 0 saturated heterocycles. The van der Waals surface area contributed by atoms with E-state index in [0.717, 1.165) is 41.7 Å². The highest BCUT2D eigenvalue weighted by Crippen LogP contribution is 2.33.